The first-order valence-electron chi connectivity index (χ1n) is 5.78. The van der Waals surface area contributed by atoms with E-state index in [9.17, 15) is 14.9 Å². The van der Waals surface area contributed by atoms with Gasteiger partial charge in [0.1, 0.15) is 4.47 Å². The van der Waals surface area contributed by atoms with Gasteiger partial charge >= 0.3 is 0 Å². The van der Waals surface area contributed by atoms with Gasteiger partial charge in [0.25, 0.3) is 11.6 Å². The van der Waals surface area contributed by atoms with Gasteiger partial charge in [0.05, 0.1) is 10.5 Å². The molecule has 0 radical (unpaired) electrons. The van der Waals surface area contributed by atoms with Crippen molar-refractivity contribution in [2.45, 2.75) is 0 Å². The number of benzene rings is 2. The molecule has 0 saturated heterocycles. The number of hydrogen-bond acceptors (Lipinski definition) is 3. The molecule has 2 aromatic carbocycles. The molecule has 0 aliphatic heterocycles. The molecule has 0 aromatic heterocycles. The zero-order valence-corrected chi connectivity index (χ0v) is 12.2. The molecule has 102 valence electrons. The predicted molar refractivity (Wildman–Crippen MR) is 80.0 cm³/mol. The molecule has 0 fully saturated rings. The summed E-state index contributed by atoms with van der Waals surface area (Å²) in [7, 11) is 1.63. The zero-order valence-electron chi connectivity index (χ0n) is 10.6. The molecule has 1 amide bonds. The third-order valence-corrected chi connectivity index (χ3v) is 3.69. The maximum atomic E-state index is 12.4. The van der Waals surface area contributed by atoms with Gasteiger partial charge in [-0.2, -0.15) is 0 Å². The third-order valence-electron chi connectivity index (χ3n) is 2.85. The van der Waals surface area contributed by atoms with E-state index in [1.54, 1.807) is 25.2 Å². The van der Waals surface area contributed by atoms with Crippen LogP contribution in [0.3, 0.4) is 0 Å². The van der Waals surface area contributed by atoms with Crippen LogP contribution in [0.1, 0.15) is 10.4 Å². The normalized spacial score (nSPS) is 10.1. The summed E-state index contributed by atoms with van der Waals surface area (Å²) in [6, 6.07) is 13.5. The molecule has 5 nitrogen and oxygen atoms in total. The molecule has 2 rings (SSSR count). The lowest BCUT2D eigenvalue weighted by Gasteiger charge is -2.17. The highest BCUT2D eigenvalue weighted by Crippen LogP contribution is 2.29. The Morgan fingerprint density at radius 2 is 1.80 bits per heavy atom. The number of hydrogen-bond donors (Lipinski definition) is 0. The van der Waals surface area contributed by atoms with Crippen molar-refractivity contribution in [3.05, 3.63) is 68.7 Å². The van der Waals surface area contributed by atoms with Gasteiger partial charge < -0.3 is 4.90 Å². The summed E-state index contributed by atoms with van der Waals surface area (Å²) in [5, 5.41) is 10.9. The molecule has 0 unspecified atom stereocenters. The number of halogens is 1. The number of amides is 1. The standard InChI is InChI=1S/C14H11BrN2O3/c1-16(10-6-3-2-4-7-10)14(18)11-8-5-9-12(13(11)15)17(19)20/h2-9H,1H3. The van der Waals surface area contributed by atoms with Crippen LogP contribution >= 0.6 is 15.9 Å². The van der Waals surface area contributed by atoms with Gasteiger partial charge in [0.15, 0.2) is 0 Å². The van der Waals surface area contributed by atoms with Gasteiger partial charge in [-0.3, -0.25) is 14.9 Å². The minimum atomic E-state index is -0.524. The third kappa shape index (κ3) is 2.70. The molecule has 0 bridgehead atoms. The SMILES string of the molecule is CN(C(=O)c1cccc([N+](=O)[O-])c1Br)c1ccccc1. The number of carbonyl (C=O) groups is 1. The van der Waals surface area contributed by atoms with Gasteiger partial charge in [-0.15, -0.1) is 0 Å². The second-order valence-corrected chi connectivity index (χ2v) is 4.89. The lowest BCUT2D eigenvalue weighted by Crippen LogP contribution is -2.26. The Bertz CT molecular complexity index is 659. The Kier molecular flexibility index (Phi) is 4.14. The van der Waals surface area contributed by atoms with Gasteiger partial charge in [0, 0.05) is 18.8 Å². The van der Waals surface area contributed by atoms with Crippen LogP contribution in [-0.2, 0) is 0 Å². The van der Waals surface area contributed by atoms with Crippen LogP contribution in [0.15, 0.2) is 53.0 Å². The average molecular weight is 335 g/mol. The van der Waals surface area contributed by atoms with Crippen LogP contribution in [0.5, 0.6) is 0 Å². The fraction of sp³-hybridized carbons (Fsp3) is 0.0714. The molecule has 0 heterocycles. The molecule has 0 aliphatic carbocycles. The first kappa shape index (κ1) is 14.2. The molecule has 0 spiro atoms. The van der Waals surface area contributed by atoms with E-state index in [0.717, 1.165) is 5.69 Å². The Morgan fingerprint density at radius 3 is 2.40 bits per heavy atom. The molecule has 0 atom stereocenters. The number of para-hydroxylation sites is 1. The first-order valence-corrected chi connectivity index (χ1v) is 6.57. The van der Waals surface area contributed by atoms with E-state index in [2.05, 4.69) is 15.9 Å². The Labute approximate surface area is 124 Å². The van der Waals surface area contributed by atoms with Crippen LogP contribution in [0, 0.1) is 10.1 Å². The Balaban J connectivity index is 2.40. The molecular weight excluding hydrogens is 324 g/mol. The second-order valence-electron chi connectivity index (χ2n) is 4.10. The molecule has 0 saturated carbocycles. The molecule has 0 N–H and O–H groups in total. The largest absolute Gasteiger partial charge is 0.311 e. The number of nitro groups is 1. The number of rotatable bonds is 3. The average Bonchev–Trinajstić information content (AvgIpc) is 2.46. The van der Waals surface area contributed by atoms with E-state index >= 15 is 0 Å². The summed E-state index contributed by atoms with van der Waals surface area (Å²) in [6.07, 6.45) is 0. The summed E-state index contributed by atoms with van der Waals surface area (Å²) in [6.45, 7) is 0. The Morgan fingerprint density at radius 1 is 1.15 bits per heavy atom. The summed E-state index contributed by atoms with van der Waals surface area (Å²) >= 11 is 3.13. The van der Waals surface area contributed by atoms with E-state index in [-0.39, 0.29) is 21.6 Å². The lowest BCUT2D eigenvalue weighted by molar-refractivity contribution is -0.385. The summed E-state index contributed by atoms with van der Waals surface area (Å²) in [5.74, 6) is -0.313. The van der Waals surface area contributed by atoms with Gasteiger partial charge in [-0.05, 0) is 34.1 Å². The van der Waals surface area contributed by atoms with E-state index < -0.39 is 4.92 Å². The fourth-order valence-corrected chi connectivity index (χ4v) is 2.35. The molecule has 2 aromatic rings. The first-order chi connectivity index (χ1) is 9.52. The number of carbonyl (C=O) groups excluding carboxylic acids is 1. The van der Waals surface area contributed by atoms with Crippen molar-refractivity contribution in [3.63, 3.8) is 0 Å². The lowest BCUT2D eigenvalue weighted by atomic mass is 10.1. The maximum absolute atomic E-state index is 12.4. The summed E-state index contributed by atoms with van der Waals surface area (Å²) in [4.78, 5) is 24.2. The van der Waals surface area contributed by atoms with Crippen molar-refractivity contribution in [3.8, 4) is 0 Å². The van der Waals surface area contributed by atoms with Gasteiger partial charge in [-0.1, -0.05) is 24.3 Å². The van der Waals surface area contributed by atoms with Crippen LogP contribution in [0.4, 0.5) is 11.4 Å². The maximum Gasteiger partial charge on any atom is 0.284 e. The van der Waals surface area contributed by atoms with Crippen LogP contribution < -0.4 is 4.90 Å². The van der Waals surface area contributed by atoms with E-state index in [0.29, 0.717) is 0 Å². The van der Waals surface area contributed by atoms with Crippen LogP contribution in [0.2, 0.25) is 0 Å². The topological polar surface area (TPSA) is 63.5 Å². The summed E-state index contributed by atoms with van der Waals surface area (Å²) < 4.78 is 0.192. The van der Waals surface area contributed by atoms with Crippen LogP contribution in [0.25, 0.3) is 0 Å². The smallest absolute Gasteiger partial charge is 0.284 e. The second kappa shape index (κ2) is 5.83. The van der Waals surface area contributed by atoms with E-state index in [4.69, 9.17) is 0 Å². The Hall–Kier alpha value is -2.21. The molecule has 6 heteroatoms. The van der Waals surface area contributed by atoms with Crippen molar-refractivity contribution < 1.29 is 9.72 Å². The highest BCUT2D eigenvalue weighted by atomic mass is 79.9. The van der Waals surface area contributed by atoms with Gasteiger partial charge in [0.2, 0.25) is 0 Å². The minimum Gasteiger partial charge on any atom is -0.311 e. The zero-order chi connectivity index (χ0) is 14.7. The van der Waals surface area contributed by atoms with Crippen molar-refractivity contribution >= 4 is 33.2 Å². The van der Waals surface area contributed by atoms with E-state index in [1.807, 2.05) is 18.2 Å². The summed E-state index contributed by atoms with van der Waals surface area (Å²) in [5.41, 5.74) is 0.846. The van der Waals surface area contributed by atoms with Crippen molar-refractivity contribution in [1.82, 2.24) is 0 Å². The molecular formula is C14H11BrN2O3. The molecule has 0 aliphatic rings. The minimum absolute atomic E-state index is 0.127. The number of nitrogens with zero attached hydrogens (tertiary/aromatic N) is 2. The van der Waals surface area contributed by atoms with Crippen molar-refractivity contribution in [1.29, 1.82) is 0 Å². The number of nitro benzene ring substituents is 1. The quantitative estimate of drug-likeness (QED) is 0.635. The fourth-order valence-electron chi connectivity index (χ4n) is 1.78. The van der Waals surface area contributed by atoms with Crippen LogP contribution in [-0.4, -0.2) is 17.9 Å². The van der Waals surface area contributed by atoms with Gasteiger partial charge in [-0.25, -0.2) is 0 Å². The monoisotopic (exact) mass is 334 g/mol. The van der Waals surface area contributed by atoms with Crippen molar-refractivity contribution in [2.24, 2.45) is 0 Å². The highest BCUT2D eigenvalue weighted by molar-refractivity contribution is 9.10. The van der Waals surface area contributed by atoms with Crippen molar-refractivity contribution in [2.75, 3.05) is 11.9 Å². The number of anilines is 1. The van der Waals surface area contributed by atoms with E-state index in [1.165, 1.54) is 17.0 Å². The predicted octanol–water partition coefficient (Wildman–Crippen LogP) is 3.63. The molecule has 20 heavy (non-hydrogen) atoms. The highest BCUT2D eigenvalue weighted by Gasteiger charge is 2.22.